The van der Waals surface area contributed by atoms with Gasteiger partial charge in [-0.1, -0.05) is 77.3 Å². The summed E-state index contributed by atoms with van der Waals surface area (Å²) in [5.41, 5.74) is 5.31. The zero-order valence-corrected chi connectivity index (χ0v) is 21.8. The van der Waals surface area contributed by atoms with Crippen molar-refractivity contribution in [1.29, 1.82) is 0 Å². The van der Waals surface area contributed by atoms with E-state index in [1.54, 1.807) is 22.9 Å². The zero-order chi connectivity index (χ0) is 25.1. The first kappa shape index (κ1) is 25.1. The van der Waals surface area contributed by atoms with Gasteiger partial charge in [0.2, 0.25) is 0 Å². The van der Waals surface area contributed by atoms with Gasteiger partial charge in [-0.2, -0.15) is 5.10 Å². The molecule has 0 radical (unpaired) electrons. The molecule has 35 heavy (non-hydrogen) atoms. The van der Waals surface area contributed by atoms with Crippen molar-refractivity contribution in [2.24, 2.45) is 0 Å². The maximum Gasteiger partial charge on any atom is 0.272 e. The van der Waals surface area contributed by atoms with Crippen molar-refractivity contribution in [2.75, 3.05) is 0 Å². The minimum atomic E-state index is -0.264. The molecule has 3 aromatic carbocycles. The summed E-state index contributed by atoms with van der Waals surface area (Å²) in [6.45, 7) is 5.81. The lowest BCUT2D eigenvalue weighted by Gasteiger charge is -2.13. The molecule has 1 amide bonds. The highest BCUT2D eigenvalue weighted by atomic mass is 35.5. The molecule has 0 aliphatic carbocycles. The molecule has 0 spiro atoms. The third-order valence-electron chi connectivity index (χ3n) is 5.73. The van der Waals surface area contributed by atoms with Gasteiger partial charge in [0.05, 0.1) is 22.4 Å². The number of carbonyl (C=O) groups is 1. The molecule has 4 aromatic rings. The largest absolute Gasteiger partial charge is 0.344 e. The predicted octanol–water partition coefficient (Wildman–Crippen LogP) is 8.19. The van der Waals surface area contributed by atoms with Crippen molar-refractivity contribution >= 4 is 52.4 Å². The minimum absolute atomic E-state index is 0.182. The lowest BCUT2D eigenvalue weighted by Crippen LogP contribution is -2.27. The van der Waals surface area contributed by atoms with Crippen LogP contribution in [0.3, 0.4) is 0 Å². The van der Waals surface area contributed by atoms with Gasteiger partial charge in [-0.3, -0.25) is 4.79 Å². The van der Waals surface area contributed by atoms with E-state index in [0.717, 1.165) is 28.0 Å². The molecule has 1 aromatic heterocycles. The Labute approximate surface area is 220 Å². The fourth-order valence-corrected chi connectivity index (χ4v) is 4.69. The van der Waals surface area contributed by atoms with Gasteiger partial charge in [-0.05, 0) is 73.9 Å². The molecule has 0 fully saturated rings. The quantitative estimate of drug-likeness (QED) is 0.276. The third kappa shape index (κ3) is 5.62. The lowest BCUT2D eigenvalue weighted by molar-refractivity contribution is 0.0934. The summed E-state index contributed by atoms with van der Waals surface area (Å²) < 4.78 is 1.70. The summed E-state index contributed by atoms with van der Waals surface area (Å²) in [4.78, 5) is 13.3. The summed E-state index contributed by atoms with van der Waals surface area (Å²) in [6.07, 6.45) is 2.00. The molecule has 0 unspecified atom stereocenters. The van der Waals surface area contributed by atoms with Crippen LogP contribution < -0.4 is 5.32 Å². The molecule has 4 nitrogen and oxygen atoms in total. The topological polar surface area (TPSA) is 46.9 Å². The Bertz CT molecular complexity index is 1410. The number of allylic oxidation sites excluding steroid dienone is 1. The number of benzene rings is 3. The molecular weight excluding hydrogens is 501 g/mol. The Morgan fingerprint density at radius 3 is 2.37 bits per heavy atom. The molecule has 0 saturated carbocycles. The SMILES string of the molecule is C/C(=C\c1cccc(Cl)c1)c1c(C)c(C(=O)N[C@@H](C)c2ccccc2)nn1-c1ccc(Cl)cc1Cl. The van der Waals surface area contributed by atoms with E-state index < -0.39 is 0 Å². The van der Waals surface area contributed by atoms with Crippen molar-refractivity contribution < 1.29 is 4.79 Å². The highest BCUT2D eigenvalue weighted by Gasteiger charge is 2.24. The number of rotatable bonds is 6. The van der Waals surface area contributed by atoms with Gasteiger partial charge in [0.25, 0.3) is 5.91 Å². The van der Waals surface area contributed by atoms with Crippen LogP contribution in [0.5, 0.6) is 0 Å². The van der Waals surface area contributed by atoms with Gasteiger partial charge in [0.15, 0.2) is 5.69 Å². The van der Waals surface area contributed by atoms with E-state index in [1.807, 2.05) is 81.4 Å². The van der Waals surface area contributed by atoms with Gasteiger partial charge in [-0.15, -0.1) is 0 Å². The fourth-order valence-electron chi connectivity index (χ4n) is 4.01. The standard InChI is InChI=1S/C28H24Cl3N3O/c1-17(14-20-8-7-11-22(29)15-20)27-18(2)26(28(35)32-19(3)21-9-5-4-6-10-21)33-34(27)25-13-12-23(30)16-24(25)31/h4-16,19H,1-3H3,(H,32,35)/b17-14+/t19-/m0/s1. The highest BCUT2D eigenvalue weighted by molar-refractivity contribution is 6.35. The van der Waals surface area contributed by atoms with Gasteiger partial charge < -0.3 is 5.32 Å². The van der Waals surface area contributed by atoms with Crippen LogP contribution in [0, 0.1) is 6.92 Å². The van der Waals surface area contributed by atoms with Crippen molar-refractivity contribution in [1.82, 2.24) is 15.1 Å². The van der Waals surface area contributed by atoms with Crippen molar-refractivity contribution in [3.8, 4) is 5.69 Å². The van der Waals surface area contributed by atoms with Gasteiger partial charge in [0.1, 0.15) is 0 Å². The first-order chi connectivity index (χ1) is 16.7. The van der Waals surface area contributed by atoms with Gasteiger partial charge >= 0.3 is 0 Å². The monoisotopic (exact) mass is 523 g/mol. The van der Waals surface area contributed by atoms with E-state index in [2.05, 4.69) is 5.32 Å². The van der Waals surface area contributed by atoms with Gasteiger partial charge in [-0.25, -0.2) is 4.68 Å². The summed E-state index contributed by atoms with van der Waals surface area (Å²) in [5, 5.41) is 9.36. The van der Waals surface area contributed by atoms with Crippen LogP contribution in [-0.4, -0.2) is 15.7 Å². The summed E-state index contributed by atoms with van der Waals surface area (Å²) in [7, 11) is 0. The molecule has 0 aliphatic heterocycles. The third-order valence-corrected chi connectivity index (χ3v) is 6.50. The maximum atomic E-state index is 13.3. The molecule has 1 heterocycles. The van der Waals surface area contributed by atoms with E-state index >= 15 is 0 Å². The van der Waals surface area contributed by atoms with Crippen molar-refractivity contribution in [3.63, 3.8) is 0 Å². The molecule has 1 N–H and O–H groups in total. The van der Waals surface area contributed by atoms with E-state index in [1.165, 1.54) is 0 Å². The number of hydrogen-bond acceptors (Lipinski definition) is 2. The number of aromatic nitrogens is 2. The normalized spacial score (nSPS) is 12.5. The van der Waals surface area contributed by atoms with Crippen molar-refractivity contribution in [2.45, 2.75) is 26.8 Å². The van der Waals surface area contributed by atoms with Crippen LogP contribution >= 0.6 is 34.8 Å². The van der Waals surface area contributed by atoms with Crippen LogP contribution in [0.1, 0.15) is 52.8 Å². The van der Waals surface area contributed by atoms with E-state index in [0.29, 0.717) is 26.4 Å². The van der Waals surface area contributed by atoms with Crippen LogP contribution in [0.25, 0.3) is 17.3 Å². The molecule has 0 aliphatic rings. The number of halogens is 3. The Morgan fingerprint density at radius 1 is 0.971 bits per heavy atom. The Kier molecular flexibility index (Phi) is 7.66. The van der Waals surface area contributed by atoms with E-state index in [4.69, 9.17) is 39.9 Å². The number of hydrogen-bond donors (Lipinski definition) is 1. The molecule has 178 valence electrons. The summed E-state index contributed by atoms with van der Waals surface area (Å²) >= 11 is 18.9. The minimum Gasteiger partial charge on any atom is -0.344 e. The predicted molar refractivity (Wildman–Crippen MR) is 146 cm³/mol. The Balaban J connectivity index is 1.80. The summed E-state index contributed by atoms with van der Waals surface area (Å²) in [5.74, 6) is -0.264. The fraction of sp³-hybridized carbons (Fsp3) is 0.143. The average Bonchev–Trinajstić information content (AvgIpc) is 3.16. The average molecular weight is 525 g/mol. The molecule has 4 rings (SSSR count). The first-order valence-electron chi connectivity index (χ1n) is 11.1. The van der Waals surface area contributed by atoms with E-state index in [9.17, 15) is 4.79 Å². The highest BCUT2D eigenvalue weighted by Crippen LogP contribution is 2.31. The van der Waals surface area contributed by atoms with Crippen LogP contribution in [0.15, 0.2) is 72.8 Å². The second-order valence-electron chi connectivity index (χ2n) is 8.32. The number of carbonyl (C=O) groups excluding carboxylic acids is 1. The number of nitrogens with one attached hydrogen (secondary N) is 1. The van der Waals surface area contributed by atoms with Crippen LogP contribution in [0.4, 0.5) is 0 Å². The first-order valence-corrected chi connectivity index (χ1v) is 12.2. The van der Waals surface area contributed by atoms with Gasteiger partial charge in [0, 0.05) is 15.6 Å². The second-order valence-corrected chi connectivity index (χ2v) is 9.60. The van der Waals surface area contributed by atoms with Crippen LogP contribution in [0.2, 0.25) is 15.1 Å². The smallest absolute Gasteiger partial charge is 0.272 e. The van der Waals surface area contributed by atoms with Crippen molar-refractivity contribution in [3.05, 3.63) is 116 Å². The Hall–Kier alpha value is -3.05. The summed E-state index contributed by atoms with van der Waals surface area (Å²) in [6, 6.07) is 22.4. The second kappa shape index (κ2) is 10.7. The number of nitrogens with zero attached hydrogens (tertiary/aromatic N) is 2. The number of amides is 1. The molecule has 7 heteroatoms. The van der Waals surface area contributed by atoms with E-state index in [-0.39, 0.29) is 11.9 Å². The lowest BCUT2D eigenvalue weighted by atomic mass is 10.0. The maximum absolute atomic E-state index is 13.3. The Morgan fingerprint density at radius 2 is 1.69 bits per heavy atom. The molecule has 0 bridgehead atoms. The van der Waals surface area contributed by atoms with Crippen LogP contribution in [-0.2, 0) is 0 Å². The zero-order valence-electron chi connectivity index (χ0n) is 19.5. The molecule has 1 atom stereocenters. The molecular formula is C28H24Cl3N3O. The molecule has 0 saturated heterocycles.